The van der Waals surface area contributed by atoms with Crippen LogP contribution < -0.4 is 9.47 Å². The lowest BCUT2D eigenvalue weighted by atomic mass is 10.1. The third-order valence-corrected chi connectivity index (χ3v) is 5.23. The lowest BCUT2D eigenvalue weighted by Gasteiger charge is -2.10. The van der Waals surface area contributed by atoms with Crippen molar-refractivity contribution in [3.05, 3.63) is 70.5 Å². The van der Waals surface area contributed by atoms with Crippen LogP contribution in [-0.2, 0) is 4.84 Å². The minimum atomic E-state index is -0.807. The van der Waals surface area contributed by atoms with Crippen LogP contribution in [0.3, 0.4) is 0 Å². The summed E-state index contributed by atoms with van der Waals surface area (Å²) in [4.78, 5) is 26.7. The van der Waals surface area contributed by atoms with Gasteiger partial charge in [0.25, 0.3) is 0 Å². The van der Waals surface area contributed by atoms with Crippen molar-refractivity contribution >= 4 is 35.0 Å². The molecule has 31 heavy (non-hydrogen) atoms. The molecule has 0 spiro atoms. The number of ether oxygens (including phenoxy) is 2. The Morgan fingerprint density at radius 1 is 1.06 bits per heavy atom. The topological polar surface area (TPSA) is 82.9 Å². The van der Waals surface area contributed by atoms with E-state index in [4.69, 9.17) is 25.9 Å². The number of carbonyl (C=O) groups excluding carboxylic acids is 1. The van der Waals surface area contributed by atoms with Gasteiger partial charge in [0.05, 0.1) is 36.6 Å². The van der Waals surface area contributed by atoms with E-state index < -0.39 is 11.8 Å². The van der Waals surface area contributed by atoms with Crippen molar-refractivity contribution < 1.29 is 23.5 Å². The van der Waals surface area contributed by atoms with Crippen LogP contribution in [0.4, 0.5) is 4.39 Å². The van der Waals surface area contributed by atoms with Crippen LogP contribution >= 0.6 is 23.4 Å². The zero-order valence-electron chi connectivity index (χ0n) is 16.8. The third kappa shape index (κ3) is 5.50. The lowest BCUT2D eigenvalue weighted by Crippen LogP contribution is -2.07. The summed E-state index contributed by atoms with van der Waals surface area (Å²) in [5, 5.41) is 4.20. The minimum Gasteiger partial charge on any atom is -0.481 e. The Labute approximate surface area is 187 Å². The average Bonchev–Trinajstić information content (AvgIpc) is 2.77. The Hall–Kier alpha value is -3.17. The van der Waals surface area contributed by atoms with Gasteiger partial charge in [0.1, 0.15) is 5.82 Å². The molecule has 0 atom stereocenters. The van der Waals surface area contributed by atoms with Gasteiger partial charge in [-0.1, -0.05) is 41.0 Å². The fraction of sp³-hybridized carbons (Fsp3) is 0.143. The van der Waals surface area contributed by atoms with E-state index in [1.807, 2.05) is 0 Å². The van der Waals surface area contributed by atoms with E-state index in [2.05, 4.69) is 15.1 Å². The molecule has 0 unspecified atom stereocenters. The van der Waals surface area contributed by atoms with E-state index in [9.17, 15) is 9.18 Å². The van der Waals surface area contributed by atoms with Gasteiger partial charge in [-0.3, -0.25) is 0 Å². The van der Waals surface area contributed by atoms with Gasteiger partial charge in [0.15, 0.2) is 5.16 Å². The second kappa shape index (κ2) is 10.2. The Kier molecular flexibility index (Phi) is 7.43. The van der Waals surface area contributed by atoms with Crippen molar-refractivity contribution in [3.63, 3.8) is 0 Å². The van der Waals surface area contributed by atoms with Crippen LogP contribution in [-0.4, -0.2) is 35.9 Å². The summed E-state index contributed by atoms with van der Waals surface area (Å²) in [6.07, 6.45) is 0. The maximum absolute atomic E-state index is 13.9. The van der Waals surface area contributed by atoms with E-state index in [-0.39, 0.29) is 27.0 Å². The summed E-state index contributed by atoms with van der Waals surface area (Å²) in [6.45, 7) is 1.53. The first-order chi connectivity index (χ1) is 14.9. The molecule has 7 nitrogen and oxygen atoms in total. The van der Waals surface area contributed by atoms with Crippen molar-refractivity contribution in [3.8, 4) is 11.8 Å². The summed E-state index contributed by atoms with van der Waals surface area (Å²) < 4.78 is 24.2. The van der Waals surface area contributed by atoms with Crippen LogP contribution in [0.5, 0.6) is 11.8 Å². The standard InChI is InChI=1S/C21H17ClFN3O4S/c1-12(13-7-4-5-9-15(13)23)26-30-20(27)19-14(22)8-6-10-16(19)31-21-24-17(28-2)11-18(25-21)29-3/h4-11H,1-3H3/b26-12+. The van der Waals surface area contributed by atoms with Crippen molar-refractivity contribution in [2.45, 2.75) is 17.0 Å². The molecule has 2 aromatic carbocycles. The van der Waals surface area contributed by atoms with Crippen molar-refractivity contribution in [1.82, 2.24) is 9.97 Å². The maximum atomic E-state index is 13.9. The van der Waals surface area contributed by atoms with Gasteiger partial charge in [0.2, 0.25) is 11.8 Å². The zero-order valence-corrected chi connectivity index (χ0v) is 18.3. The second-order valence-electron chi connectivity index (χ2n) is 5.99. The van der Waals surface area contributed by atoms with Gasteiger partial charge in [-0.2, -0.15) is 9.97 Å². The number of benzene rings is 2. The van der Waals surface area contributed by atoms with Crippen LogP contribution in [0.15, 0.2) is 63.7 Å². The Morgan fingerprint density at radius 2 is 1.74 bits per heavy atom. The minimum absolute atomic E-state index is 0.0737. The zero-order chi connectivity index (χ0) is 22.4. The van der Waals surface area contributed by atoms with Gasteiger partial charge in [-0.05, 0) is 36.9 Å². The van der Waals surface area contributed by atoms with E-state index >= 15 is 0 Å². The molecular formula is C21H17ClFN3O4S. The summed E-state index contributed by atoms with van der Waals surface area (Å²) in [7, 11) is 2.93. The number of aromatic nitrogens is 2. The smallest absolute Gasteiger partial charge is 0.368 e. The Morgan fingerprint density at radius 3 is 2.39 bits per heavy atom. The summed E-state index contributed by atoms with van der Waals surface area (Å²) in [5.74, 6) is -0.687. The fourth-order valence-electron chi connectivity index (χ4n) is 2.48. The van der Waals surface area contributed by atoms with Crippen molar-refractivity contribution in [2.24, 2.45) is 5.16 Å². The first-order valence-corrected chi connectivity index (χ1v) is 10.1. The number of nitrogens with zero attached hydrogens (tertiary/aromatic N) is 3. The van der Waals surface area contributed by atoms with Gasteiger partial charge >= 0.3 is 5.97 Å². The molecule has 0 N–H and O–H groups in total. The highest BCUT2D eigenvalue weighted by atomic mass is 35.5. The second-order valence-corrected chi connectivity index (χ2v) is 7.40. The molecule has 0 saturated carbocycles. The van der Waals surface area contributed by atoms with Gasteiger partial charge in [-0.25, -0.2) is 9.18 Å². The maximum Gasteiger partial charge on any atom is 0.368 e. The molecule has 0 bridgehead atoms. The molecule has 0 aliphatic heterocycles. The Bertz CT molecular complexity index is 1120. The fourth-order valence-corrected chi connectivity index (χ4v) is 3.70. The van der Waals surface area contributed by atoms with Gasteiger partial charge in [-0.15, -0.1) is 0 Å². The summed E-state index contributed by atoms with van der Waals surface area (Å²) in [6, 6.07) is 12.4. The van der Waals surface area contributed by atoms with Crippen LogP contribution in [0, 0.1) is 5.82 Å². The Balaban J connectivity index is 1.88. The molecule has 10 heteroatoms. The number of halogens is 2. The molecule has 160 valence electrons. The normalized spacial score (nSPS) is 11.2. The molecule has 1 heterocycles. The first kappa shape index (κ1) is 22.5. The van der Waals surface area contributed by atoms with E-state index in [0.29, 0.717) is 16.7 Å². The summed E-state index contributed by atoms with van der Waals surface area (Å²) in [5.41, 5.74) is 0.499. The summed E-state index contributed by atoms with van der Waals surface area (Å²) >= 11 is 7.33. The van der Waals surface area contributed by atoms with Gasteiger partial charge < -0.3 is 14.3 Å². The van der Waals surface area contributed by atoms with E-state index in [0.717, 1.165) is 11.8 Å². The first-order valence-electron chi connectivity index (χ1n) is 8.87. The quantitative estimate of drug-likeness (QED) is 0.211. The SMILES string of the molecule is COc1cc(OC)nc(Sc2cccc(Cl)c2C(=O)O/N=C(\C)c2ccccc2F)n1. The highest BCUT2D eigenvalue weighted by molar-refractivity contribution is 7.99. The lowest BCUT2D eigenvalue weighted by molar-refractivity contribution is 0.0512. The monoisotopic (exact) mass is 461 g/mol. The largest absolute Gasteiger partial charge is 0.481 e. The molecule has 0 aliphatic carbocycles. The van der Waals surface area contributed by atoms with E-state index in [1.54, 1.807) is 30.3 Å². The van der Waals surface area contributed by atoms with Crippen LogP contribution in [0.1, 0.15) is 22.8 Å². The van der Waals surface area contributed by atoms with Crippen LogP contribution in [0.25, 0.3) is 0 Å². The predicted molar refractivity (Wildman–Crippen MR) is 115 cm³/mol. The molecule has 0 fully saturated rings. The predicted octanol–water partition coefficient (Wildman–Crippen LogP) is 5.02. The van der Waals surface area contributed by atoms with E-state index in [1.165, 1.54) is 39.3 Å². The number of methoxy groups -OCH3 is 2. The number of rotatable bonds is 7. The molecule has 0 amide bonds. The van der Waals surface area contributed by atoms with Crippen molar-refractivity contribution in [2.75, 3.05) is 14.2 Å². The third-order valence-electron chi connectivity index (χ3n) is 3.99. The highest BCUT2D eigenvalue weighted by Crippen LogP contribution is 2.34. The molecule has 3 aromatic rings. The number of hydrogen-bond acceptors (Lipinski definition) is 8. The highest BCUT2D eigenvalue weighted by Gasteiger charge is 2.20. The number of oxime groups is 1. The molecule has 0 radical (unpaired) electrons. The molecular weight excluding hydrogens is 445 g/mol. The number of hydrogen-bond donors (Lipinski definition) is 0. The molecule has 0 aliphatic rings. The average molecular weight is 462 g/mol. The molecule has 3 rings (SSSR count). The number of carbonyl (C=O) groups is 1. The van der Waals surface area contributed by atoms with Gasteiger partial charge in [0, 0.05) is 10.5 Å². The van der Waals surface area contributed by atoms with Crippen molar-refractivity contribution in [1.29, 1.82) is 0 Å². The molecule has 1 aromatic heterocycles. The van der Waals surface area contributed by atoms with Crippen LogP contribution in [0.2, 0.25) is 5.02 Å². The molecule has 0 saturated heterocycles.